The van der Waals surface area contributed by atoms with Crippen molar-refractivity contribution in [2.75, 3.05) is 0 Å². The van der Waals surface area contributed by atoms with Crippen LogP contribution in [0.25, 0.3) is 11.2 Å². The fraction of sp³-hybridized carbons (Fsp3) is 0.0769. The van der Waals surface area contributed by atoms with Gasteiger partial charge in [-0.3, -0.25) is 4.57 Å². The van der Waals surface area contributed by atoms with Crippen LogP contribution in [0.2, 0.25) is 5.02 Å². The number of aromatic nitrogens is 3. The monoisotopic (exact) mass is 353 g/mol. The van der Waals surface area contributed by atoms with Crippen molar-refractivity contribution in [1.82, 2.24) is 14.5 Å². The van der Waals surface area contributed by atoms with Crippen LogP contribution in [0.1, 0.15) is 5.56 Å². The molecule has 0 unspecified atom stereocenters. The maximum atomic E-state index is 5.89. The van der Waals surface area contributed by atoms with Crippen molar-refractivity contribution in [3.05, 3.63) is 56.4 Å². The number of rotatable bonds is 2. The van der Waals surface area contributed by atoms with Crippen molar-refractivity contribution in [2.45, 2.75) is 6.54 Å². The van der Waals surface area contributed by atoms with Gasteiger partial charge in [-0.2, -0.15) is 0 Å². The molecule has 0 atom stereocenters. The van der Waals surface area contributed by atoms with Gasteiger partial charge in [-0.25, -0.2) is 4.98 Å². The zero-order valence-corrected chi connectivity index (χ0v) is 12.9. The number of hydrogen-bond acceptors (Lipinski definition) is 2. The summed E-state index contributed by atoms with van der Waals surface area (Å²) < 4.78 is 3.56. The molecule has 2 heterocycles. The zero-order valence-electron chi connectivity index (χ0n) is 9.73. The van der Waals surface area contributed by atoms with Crippen LogP contribution >= 0.6 is 39.7 Å². The molecule has 1 N–H and O–H groups in total. The molecule has 0 aliphatic rings. The van der Waals surface area contributed by atoms with E-state index in [1.165, 1.54) is 0 Å². The van der Waals surface area contributed by atoms with E-state index >= 15 is 0 Å². The molecule has 0 bridgehead atoms. The highest BCUT2D eigenvalue weighted by molar-refractivity contribution is 9.10. The van der Waals surface area contributed by atoms with Crippen molar-refractivity contribution in [3.8, 4) is 0 Å². The lowest BCUT2D eigenvalue weighted by Crippen LogP contribution is -2.00. The quantitative estimate of drug-likeness (QED) is 0.685. The number of nitrogens with one attached hydrogen (secondary N) is 1. The Morgan fingerprint density at radius 3 is 2.79 bits per heavy atom. The van der Waals surface area contributed by atoms with Crippen molar-refractivity contribution in [1.29, 1.82) is 0 Å². The van der Waals surface area contributed by atoms with Gasteiger partial charge in [0, 0.05) is 15.7 Å². The highest BCUT2D eigenvalue weighted by Gasteiger charge is 2.06. The molecule has 0 aliphatic heterocycles. The SMILES string of the molecule is S=c1[nH]c2cc(Br)cnc2n1Cc1ccc(Cl)cc1. The van der Waals surface area contributed by atoms with E-state index < -0.39 is 0 Å². The molecule has 0 spiro atoms. The molecule has 0 amide bonds. The second kappa shape index (κ2) is 5.07. The third-order valence-electron chi connectivity index (χ3n) is 2.83. The topological polar surface area (TPSA) is 33.6 Å². The van der Waals surface area contributed by atoms with E-state index in [0.29, 0.717) is 11.3 Å². The summed E-state index contributed by atoms with van der Waals surface area (Å²) in [4.78, 5) is 7.57. The van der Waals surface area contributed by atoms with Gasteiger partial charge in [-0.1, -0.05) is 23.7 Å². The molecule has 2 aromatic heterocycles. The van der Waals surface area contributed by atoms with Crippen molar-refractivity contribution in [2.24, 2.45) is 0 Å². The molecule has 0 fully saturated rings. The molecule has 3 rings (SSSR count). The second-order valence-electron chi connectivity index (χ2n) is 4.17. The van der Waals surface area contributed by atoms with E-state index in [0.717, 1.165) is 26.2 Å². The summed E-state index contributed by atoms with van der Waals surface area (Å²) in [5.74, 6) is 0. The smallest absolute Gasteiger partial charge is 0.179 e. The van der Waals surface area contributed by atoms with E-state index in [1.807, 2.05) is 34.9 Å². The minimum absolute atomic E-state index is 0.663. The van der Waals surface area contributed by atoms with Crippen LogP contribution in [0.3, 0.4) is 0 Å². The van der Waals surface area contributed by atoms with Crippen molar-refractivity contribution < 1.29 is 0 Å². The highest BCUT2D eigenvalue weighted by atomic mass is 79.9. The molecule has 0 aliphatic carbocycles. The Balaban J connectivity index is 2.07. The summed E-state index contributed by atoms with van der Waals surface area (Å²) in [5, 5.41) is 0.730. The molecule has 1 aromatic carbocycles. The average molecular weight is 355 g/mol. The van der Waals surface area contributed by atoms with Crippen molar-refractivity contribution >= 4 is 50.9 Å². The summed E-state index contributed by atoms with van der Waals surface area (Å²) in [6.45, 7) is 0.671. The van der Waals surface area contributed by atoms with Crippen LogP contribution in [-0.2, 0) is 6.54 Å². The van der Waals surface area contributed by atoms with Crippen LogP contribution in [0.4, 0.5) is 0 Å². The number of halogens is 2. The summed E-state index contributed by atoms with van der Waals surface area (Å²) in [6.07, 6.45) is 1.77. The third kappa shape index (κ3) is 2.59. The third-order valence-corrected chi connectivity index (χ3v) is 3.84. The molecule has 96 valence electrons. The molecule has 0 saturated carbocycles. The van der Waals surface area contributed by atoms with Gasteiger partial charge < -0.3 is 4.98 Å². The first-order valence-corrected chi connectivity index (χ1v) is 7.20. The Labute approximate surface area is 128 Å². The van der Waals surface area contributed by atoms with E-state index in [-0.39, 0.29) is 0 Å². The first kappa shape index (κ1) is 12.8. The first-order chi connectivity index (χ1) is 9.13. The van der Waals surface area contributed by atoms with Crippen LogP contribution in [0, 0.1) is 4.77 Å². The van der Waals surface area contributed by atoms with Gasteiger partial charge in [0.25, 0.3) is 0 Å². The summed E-state index contributed by atoms with van der Waals surface area (Å²) in [7, 11) is 0. The second-order valence-corrected chi connectivity index (χ2v) is 5.91. The molecule has 3 aromatic rings. The predicted octanol–water partition coefficient (Wildman–Crippen LogP) is 4.56. The molecule has 19 heavy (non-hydrogen) atoms. The number of aromatic amines is 1. The molecular weight excluding hydrogens is 346 g/mol. The van der Waals surface area contributed by atoms with Crippen LogP contribution in [-0.4, -0.2) is 14.5 Å². The molecule has 0 saturated heterocycles. The number of hydrogen-bond donors (Lipinski definition) is 1. The fourth-order valence-electron chi connectivity index (χ4n) is 1.94. The van der Waals surface area contributed by atoms with Crippen LogP contribution in [0.15, 0.2) is 41.0 Å². The standard InChI is InChI=1S/C13H9BrClN3S/c14-9-5-11-12(16-6-9)18(13(19)17-11)7-8-1-3-10(15)4-2-8/h1-6H,7H2,(H,17,19). The van der Waals surface area contributed by atoms with Crippen LogP contribution in [0.5, 0.6) is 0 Å². The Bertz CT molecular complexity index is 792. The average Bonchev–Trinajstić information content (AvgIpc) is 2.68. The Kier molecular flexibility index (Phi) is 3.43. The number of H-pyrrole nitrogens is 1. The van der Waals surface area contributed by atoms with E-state index in [9.17, 15) is 0 Å². The lowest BCUT2D eigenvalue weighted by Gasteiger charge is -2.04. The van der Waals surface area contributed by atoms with Gasteiger partial charge in [-0.15, -0.1) is 0 Å². The van der Waals surface area contributed by atoms with Gasteiger partial charge >= 0.3 is 0 Å². The Morgan fingerprint density at radius 1 is 1.32 bits per heavy atom. The predicted molar refractivity (Wildman–Crippen MR) is 83.2 cm³/mol. The number of fused-ring (bicyclic) bond motifs is 1. The number of imidazole rings is 1. The Hall–Kier alpha value is -1.17. The van der Waals surface area contributed by atoms with Gasteiger partial charge in [0.15, 0.2) is 10.4 Å². The van der Waals surface area contributed by atoms with E-state index in [4.69, 9.17) is 23.8 Å². The maximum Gasteiger partial charge on any atom is 0.179 e. The van der Waals surface area contributed by atoms with Gasteiger partial charge in [-0.05, 0) is 51.9 Å². The number of nitrogens with zero attached hydrogens (tertiary/aromatic N) is 2. The van der Waals surface area contributed by atoms with Crippen molar-refractivity contribution in [3.63, 3.8) is 0 Å². The summed E-state index contributed by atoms with van der Waals surface area (Å²) in [6, 6.07) is 9.69. The highest BCUT2D eigenvalue weighted by Crippen LogP contribution is 2.18. The minimum atomic E-state index is 0.663. The molecular formula is C13H9BrClN3S. The lowest BCUT2D eigenvalue weighted by atomic mass is 10.2. The number of pyridine rings is 1. The van der Waals surface area contributed by atoms with E-state index in [2.05, 4.69) is 25.9 Å². The largest absolute Gasteiger partial charge is 0.329 e. The normalized spacial score (nSPS) is 11.1. The van der Waals surface area contributed by atoms with Gasteiger partial charge in [0.1, 0.15) is 0 Å². The molecule has 6 heteroatoms. The number of benzene rings is 1. The fourth-order valence-corrected chi connectivity index (χ4v) is 2.66. The van der Waals surface area contributed by atoms with E-state index in [1.54, 1.807) is 6.20 Å². The van der Waals surface area contributed by atoms with Gasteiger partial charge in [0.05, 0.1) is 12.1 Å². The maximum absolute atomic E-state index is 5.89. The van der Waals surface area contributed by atoms with Gasteiger partial charge in [0.2, 0.25) is 0 Å². The summed E-state index contributed by atoms with van der Waals surface area (Å²) >= 11 is 14.6. The minimum Gasteiger partial charge on any atom is -0.329 e. The zero-order chi connectivity index (χ0) is 13.4. The lowest BCUT2D eigenvalue weighted by molar-refractivity contribution is 0.801. The molecule has 3 nitrogen and oxygen atoms in total. The first-order valence-electron chi connectivity index (χ1n) is 5.62. The van der Waals surface area contributed by atoms with Crippen LogP contribution < -0.4 is 0 Å². The molecule has 0 radical (unpaired) electrons. The summed E-state index contributed by atoms with van der Waals surface area (Å²) in [5.41, 5.74) is 2.91. The Morgan fingerprint density at radius 2 is 2.05 bits per heavy atom.